The van der Waals surface area contributed by atoms with Crippen molar-refractivity contribution in [1.29, 1.82) is 0 Å². The Labute approximate surface area is 124 Å². The van der Waals surface area contributed by atoms with Crippen molar-refractivity contribution >= 4 is 39.5 Å². The van der Waals surface area contributed by atoms with Gasteiger partial charge in [-0.25, -0.2) is 4.79 Å². The minimum absolute atomic E-state index is 0.00525. The van der Waals surface area contributed by atoms with E-state index in [4.69, 9.17) is 5.11 Å². The number of benzene rings is 1. The predicted octanol–water partition coefficient (Wildman–Crippen LogP) is 2.66. The van der Waals surface area contributed by atoms with E-state index in [-0.39, 0.29) is 19.3 Å². The first-order valence-corrected chi connectivity index (χ1v) is 6.77. The largest absolute Gasteiger partial charge is 0.481 e. The second kappa shape index (κ2) is 7.64. The molecule has 1 aromatic rings. The molecule has 0 atom stereocenters. The van der Waals surface area contributed by atoms with Gasteiger partial charge in [-0.1, -0.05) is 12.1 Å². The topological polar surface area (TPSA) is 95.5 Å². The summed E-state index contributed by atoms with van der Waals surface area (Å²) in [4.78, 5) is 33.3. The molecule has 20 heavy (non-hydrogen) atoms. The molecule has 0 saturated carbocycles. The van der Waals surface area contributed by atoms with Crippen molar-refractivity contribution in [2.45, 2.75) is 26.2 Å². The highest BCUT2D eigenvalue weighted by Gasteiger charge is 2.10. The van der Waals surface area contributed by atoms with Crippen LogP contribution in [-0.4, -0.2) is 23.0 Å². The fraction of sp³-hybridized carbons (Fsp3) is 0.308. The molecule has 0 aliphatic carbocycles. The number of aryl methyl sites for hydroxylation is 1. The number of nitrogens with one attached hydrogen (secondary N) is 2. The number of halogens is 1. The minimum atomic E-state index is -0.967. The van der Waals surface area contributed by atoms with Gasteiger partial charge in [0.2, 0.25) is 5.91 Å². The second-order valence-corrected chi connectivity index (χ2v) is 4.98. The van der Waals surface area contributed by atoms with Gasteiger partial charge in [0, 0.05) is 17.3 Å². The number of imide groups is 1. The summed E-state index contributed by atoms with van der Waals surface area (Å²) in [5, 5.41) is 13.1. The van der Waals surface area contributed by atoms with Crippen molar-refractivity contribution in [2.75, 3.05) is 5.32 Å². The summed E-state index contributed by atoms with van der Waals surface area (Å²) in [5.41, 5.74) is 1.51. The highest BCUT2D eigenvalue weighted by molar-refractivity contribution is 9.10. The van der Waals surface area contributed by atoms with Crippen LogP contribution in [-0.2, 0) is 9.59 Å². The number of hydrogen-bond acceptors (Lipinski definition) is 3. The molecular formula is C13H15BrN2O4. The van der Waals surface area contributed by atoms with Crippen LogP contribution in [0, 0.1) is 6.92 Å². The Balaban J connectivity index is 2.45. The van der Waals surface area contributed by atoms with Gasteiger partial charge in [0.15, 0.2) is 0 Å². The van der Waals surface area contributed by atoms with Crippen LogP contribution in [0.1, 0.15) is 24.8 Å². The number of carboxylic acid groups (broad SMARTS) is 1. The van der Waals surface area contributed by atoms with Crippen molar-refractivity contribution < 1.29 is 19.5 Å². The smallest absolute Gasteiger partial charge is 0.325 e. The normalized spacial score (nSPS) is 9.90. The van der Waals surface area contributed by atoms with Gasteiger partial charge >= 0.3 is 12.0 Å². The lowest BCUT2D eigenvalue weighted by Crippen LogP contribution is -2.34. The van der Waals surface area contributed by atoms with E-state index in [9.17, 15) is 14.4 Å². The standard InChI is InChI=1S/C13H15BrN2O4/c1-8-4-2-5-9(12(8)14)15-13(20)16-10(17)6-3-7-11(18)19/h2,4-5H,3,6-7H2,1H3,(H,18,19)(H2,15,16,17,20). The van der Waals surface area contributed by atoms with Crippen molar-refractivity contribution in [1.82, 2.24) is 5.32 Å². The molecule has 0 aromatic heterocycles. The molecule has 0 fully saturated rings. The Morgan fingerprint density at radius 2 is 1.95 bits per heavy atom. The molecule has 3 N–H and O–H groups in total. The molecule has 1 rings (SSSR count). The van der Waals surface area contributed by atoms with E-state index in [2.05, 4.69) is 26.6 Å². The first-order valence-electron chi connectivity index (χ1n) is 5.98. The van der Waals surface area contributed by atoms with Gasteiger partial charge in [-0.15, -0.1) is 0 Å². The molecule has 6 nitrogen and oxygen atoms in total. The van der Waals surface area contributed by atoms with Gasteiger partial charge in [-0.05, 0) is 40.9 Å². The van der Waals surface area contributed by atoms with E-state index in [1.54, 1.807) is 12.1 Å². The highest BCUT2D eigenvalue weighted by Crippen LogP contribution is 2.25. The lowest BCUT2D eigenvalue weighted by molar-refractivity contribution is -0.137. The first kappa shape index (κ1) is 16.2. The van der Waals surface area contributed by atoms with E-state index in [0.717, 1.165) is 10.0 Å². The monoisotopic (exact) mass is 342 g/mol. The summed E-state index contributed by atoms with van der Waals surface area (Å²) in [5.74, 6) is -1.47. The molecule has 0 unspecified atom stereocenters. The van der Waals surface area contributed by atoms with Gasteiger partial charge in [0.1, 0.15) is 0 Å². The van der Waals surface area contributed by atoms with Crippen LogP contribution in [0.15, 0.2) is 22.7 Å². The minimum Gasteiger partial charge on any atom is -0.481 e. The lowest BCUT2D eigenvalue weighted by atomic mass is 10.2. The maximum absolute atomic E-state index is 11.6. The summed E-state index contributed by atoms with van der Waals surface area (Å²) < 4.78 is 0.744. The van der Waals surface area contributed by atoms with Gasteiger partial charge in [-0.3, -0.25) is 14.9 Å². The molecule has 108 valence electrons. The first-order chi connectivity index (χ1) is 9.40. The van der Waals surface area contributed by atoms with Crippen LogP contribution in [0.3, 0.4) is 0 Å². The SMILES string of the molecule is Cc1cccc(NC(=O)NC(=O)CCCC(=O)O)c1Br. The number of hydrogen-bond donors (Lipinski definition) is 3. The molecule has 0 saturated heterocycles. The van der Waals surface area contributed by atoms with Crippen LogP contribution in [0.4, 0.5) is 10.5 Å². The Hall–Kier alpha value is -1.89. The summed E-state index contributed by atoms with van der Waals surface area (Å²) in [6.45, 7) is 1.88. The number of anilines is 1. The van der Waals surface area contributed by atoms with Crippen molar-refractivity contribution in [2.24, 2.45) is 0 Å². The molecule has 0 bridgehead atoms. The van der Waals surface area contributed by atoms with Gasteiger partial charge < -0.3 is 10.4 Å². The van der Waals surface area contributed by atoms with Crippen LogP contribution >= 0.6 is 15.9 Å². The molecule has 7 heteroatoms. The second-order valence-electron chi connectivity index (χ2n) is 4.19. The fourth-order valence-corrected chi connectivity index (χ4v) is 1.85. The fourth-order valence-electron chi connectivity index (χ4n) is 1.49. The van der Waals surface area contributed by atoms with Crippen LogP contribution < -0.4 is 10.6 Å². The quantitative estimate of drug-likeness (QED) is 0.766. The van der Waals surface area contributed by atoms with Gasteiger partial charge in [0.05, 0.1) is 5.69 Å². The lowest BCUT2D eigenvalue weighted by Gasteiger charge is -2.09. The molecule has 0 aliphatic rings. The van der Waals surface area contributed by atoms with Gasteiger partial charge in [0.25, 0.3) is 0 Å². The average molecular weight is 343 g/mol. The number of carbonyl (C=O) groups excluding carboxylic acids is 2. The Kier molecular flexibility index (Phi) is 6.17. The van der Waals surface area contributed by atoms with E-state index in [1.807, 2.05) is 13.0 Å². The maximum Gasteiger partial charge on any atom is 0.325 e. The predicted molar refractivity (Wildman–Crippen MR) is 77.5 cm³/mol. The van der Waals surface area contributed by atoms with Crippen molar-refractivity contribution in [3.05, 3.63) is 28.2 Å². The zero-order valence-corrected chi connectivity index (χ0v) is 12.5. The third-order valence-corrected chi connectivity index (χ3v) is 3.54. The average Bonchev–Trinajstić information content (AvgIpc) is 2.34. The zero-order chi connectivity index (χ0) is 15.1. The van der Waals surface area contributed by atoms with Crippen LogP contribution in [0.5, 0.6) is 0 Å². The van der Waals surface area contributed by atoms with Crippen molar-refractivity contribution in [3.8, 4) is 0 Å². The number of urea groups is 1. The third kappa shape index (κ3) is 5.40. The molecule has 0 heterocycles. The summed E-state index contributed by atoms with van der Waals surface area (Å²) in [6, 6.07) is 4.72. The number of aliphatic carboxylic acids is 1. The van der Waals surface area contributed by atoms with Crippen molar-refractivity contribution in [3.63, 3.8) is 0 Å². The summed E-state index contributed by atoms with van der Waals surface area (Å²) in [7, 11) is 0. The summed E-state index contributed by atoms with van der Waals surface area (Å²) in [6.07, 6.45) is 0.0930. The maximum atomic E-state index is 11.6. The Morgan fingerprint density at radius 3 is 2.60 bits per heavy atom. The number of rotatable bonds is 5. The van der Waals surface area contributed by atoms with E-state index >= 15 is 0 Å². The van der Waals surface area contributed by atoms with Crippen LogP contribution in [0.2, 0.25) is 0 Å². The Morgan fingerprint density at radius 1 is 1.25 bits per heavy atom. The van der Waals surface area contributed by atoms with E-state index in [1.165, 1.54) is 0 Å². The zero-order valence-electron chi connectivity index (χ0n) is 10.9. The van der Waals surface area contributed by atoms with E-state index < -0.39 is 17.9 Å². The highest BCUT2D eigenvalue weighted by atomic mass is 79.9. The summed E-state index contributed by atoms with van der Waals surface area (Å²) >= 11 is 3.34. The van der Waals surface area contributed by atoms with Gasteiger partial charge in [-0.2, -0.15) is 0 Å². The molecule has 3 amide bonds. The number of carboxylic acids is 1. The molecular weight excluding hydrogens is 328 g/mol. The van der Waals surface area contributed by atoms with E-state index in [0.29, 0.717) is 5.69 Å². The van der Waals surface area contributed by atoms with Crippen LogP contribution in [0.25, 0.3) is 0 Å². The molecule has 0 radical (unpaired) electrons. The molecule has 0 spiro atoms. The molecule has 0 aliphatic heterocycles. The third-order valence-electron chi connectivity index (χ3n) is 2.49. The Bertz CT molecular complexity index is 531. The molecule has 1 aromatic carbocycles. The number of amides is 3. The number of carbonyl (C=O) groups is 3.